The summed E-state index contributed by atoms with van der Waals surface area (Å²) in [6, 6.07) is 102. The second-order valence-electron chi connectivity index (χ2n) is 21.6. The monoisotopic (exact) mass is 1010 g/mol. The Morgan fingerprint density at radius 2 is 0.861 bits per heavy atom. The third kappa shape index (κ3) is 6.40. The Bertz CT molecular complexity index is 4210. The molecule has 79 heavy (non-hydrogen) atoms. The van der Waals surface area contributed by atoms with E-state index in [0.717, 1.165) is 22.7 Å². The second kappa shape index (κ2) is 17.9. The average Bonchev–Trinajstić information content (AvgIpc) is 4.13. The van der Waals surface area contributed by atoms with Crippen molar-refractivity contribution in [2.24, 2.45) is 0 Å². The van der Waals surface area contributed by atoms with Crippen molar-refractivity contribution in [1.82, 2.24) is 0 Å². The van der Waals surface area contributed by atoms with Crippen LogP contribution in [0.25, 0.3) is 27.8 Å². The molecule has 2 heteroatoms. The van der Waals surface area contributed by atoms with E-state index in [-0.39, 0.29) is 0 Å². The van der Waals surface area contributed by atoms with Crippen molar-refractivity contribution in [1.29, 1.82) is 0 Å². The lowest BCUT2D eigenvalue weighted by Crippen LogP contribution is -2.36. The molecule has 3 aliphatic carbocycles. The van der Waals surface area contributed by atoms with Crippen LogP contribution >= 0.6 is 0 Å². The minimum absolute atomic E-state index is 0.413. The van der Waals surface area contributed by atoms with Gasteiger partial charge in [-0.2, -0.15) is 0 Å². The van der Waals surface area contributed by atoms with Crippen LogP contribution in [0.4, 0.5) is 34.1 Å². The predicted octanol–water partition coefficient (Wildman–Crippen LogP) is 19.5. The van der Waals surface area contributed by atoms with Crippen LogP contribution in [0.2, 0.25) is 0 Å². The molecule has 4 aliphatic rings. The number of allylic oxidation sites excluding steroid dienone is 5. The molecular weight excluding hydrogens is 953 g/mol. The van der Waals surface area contributed by atoms with Crippen molar-refractivity contribution < 1.29 is 0 Å². The summed E-state index contributed by atoms with van der Waals surface area (Å²) in [5, 5.41) is 0. The zero-order valence-corrected chi connectivity index (χ0v) is 44.3. The van der Waals surface area contributed by atoms with Gasteiger partial charge in [-0.25, -0.2) is 0 Å². The molecule has 0 amide bonds. The van der Waals surface area contributed by atoms with E-state index in [1.54, 1.807) is 0 Å². The van der Waals surface area contributed by atoms with E-state index in [4.69, 9.17) is 0 Å². The number of fused-ring (bicyclic) bond motifs is 13. The lowest BCUT2D eigenvalue weighted by atomic mass is 9.64. The first-order chi connectivity index (χ1) is 39.0. The van der Waals surface area contributed by atoms with Crippen molar-refractivity contribution in [3.8, 4) is 22.3 Å². The zero-order valence-electron chi connectivity index (χ0n) is 44.3. The molecule has 0 radical (unpaired) electrons. The molecule has 1 unspecified atom stereocenters. The van der Waals surface area contributed by atoms with Crippen molar-refractivity contribution in [3.63, 3.8) is 0 Å². The summed E-state index contributed by atoms with van der Waals surface area (Å²) in [7, 11) is 0. The fraction of sp³-hybridized carbons (Fsp3) is 0.0649. The third-order valence-electron chi connectivity index (χ3n) is 18.1. The van der Waals surface area contributed by atoms with Crippen LogP contribution in [0.15, 0.2) is 303 Å². The smallest absolute Gasteiger partial charge is 0.0755 e. The number of hydrogen-bond donors (Lipinski definition) is 0. The van der Waals surface area contributed by atoms with E-state index in [2.05, 4.69) is 315 Å². The molecule has 0 bridgehead atoms. The van der Waals surface area contributed by atoms with Crippen LogP contribution in [-0.2, 0) is 16.2 Å². The van der Waals surface area contributed by atoms with Gasteiger partial charge < -0.3 is 9.80 Å². The highest BCUT2D eigenvalue weighted by molar-refractivity contribution is 6.02. The van der Waals surface area contributed by atoms with Crippen molar-refractivity contribution >= 4 is 39.7 Å². The minimum atomic E-state index is -0.640. The molecule has 0 saturated heterocycles. The van der Waals surface area contributed by atoms with Gasteiger partial charge in [0.2, 0.25) is 0 Å². The minimum Gasteiger partial charge on any atom is -0.310 e. The van der Waals surface area contributed by atoms with Gasteiger partial charge in [0.25, 0.3) is 0 Å². The fourth-order valence-corrected chi connectivity index (χ4v) is 14.7. The highest BCUT2D eigenvalue weighted by Crippen LogP contribution is 2.66. The molecule has 15 rings (SSSR count). The molecule has 0 N–H and O–H groups in total. The Labute approximate surface area is 463 Å². The lowest BCUT2D eigenvalue weighted by Gasteiger charge is -2.45. The highest BCUT2D eigenvalue weighted by atomic mass is 15.2. The van der Waals surface area contributed by atoms with E-state index >= 15 is 0 Å². The first kappa shape index (κ1) is 46.5. The van der Waals surface area contributed by atoms with Crippen LogP contribution < -0.4 is 9.80 Å². The van der Waals surface area contributed by atoms with Gasteiger partial charge in [-0.1, -0.05) is 249 Å². The topological polar surface area (TPSA) is 6.48 Å². The van der Waals surface area contributed by atoms with E-state index in [1.165, 1.54) is 106 Å². The summed E-state index contributed by atoms with van der Waals surface area (Å²) in [5.74, 6) is 0. The summed E-state index contributed by atoms with van der Waals surface area (Å²) in [4.78, 5) is 5.05. The van der Waals surface area contributed by atoms with E-state index in [0.29, 0.717) is 0 Å². The molecule has 1 spiro atoms. The lowest BCUT2D eigenvalue weighted by molar-refractivity contribution is 0.691. The molecule has 374 valence electrons. The number of anilines is 6. The SMILES string of the molecule is C=C/C=C\C1=C(C)C(C)(c2ccccc2)c2cc(N(c3ccc4c(c3)C(c3ccccc3)(c3ccccc3)c3ccccc3-4)c3cccc4c3-c3ccccc3C43c4ccccc4N(c4ccccc4)c4ccccc43)ccc21. The molecule has 2 nitrogen and oxygen atoms in total. The standard InChI is InChI=1S/C77H56N2/c1-4-5-35-59-52(2)75(3,53-27-10-6-11-28-53)69-50-57(46-48-61(59)69)78(58-47-49-62-60-36-18-20-38-64(60)76(70(62)51-58,54-29-12-7-13-30-54)55-31-14-8-15-32-55)73-45-26-42-68-74(73)63-37-19-21-39-65(63)77(68)66-40-22-24-43-71(66)79(56-33-16-9-17-34-56)72-44-25-23-41-67(72)77/h4-51H,1H2,2-3H3/b35-5-. The van der Waals surface area contributed by atoms with Crippen molar-refractivity contribution in [2.75, 3.05) is 9.80 Å². The van der Waals surface area contributed by atoms with Crippen LogP contribution in [0.1, 0.15) is 75.0 Å². The van der Waals surface area contributed by atoms with E-state index in [1.807, 2.05) is 6.08 Å². The van der Waals surface area contributed by atoms with Crippen LogP contribution in [0, 0.1) is 0 Å². The molecule has 0 fully saturated rings. The van der Waals surface area contributed by atoms with Crippen LogP contribution in [0.5, 0.6) is 0 Å². The van der Waals surface area contributed by atoms with Gasteiger partial charge in [0.15, 0.2) is 0 Å². The van der Waals surface area contributed by atoms with Crippen molar-refractivity contribution in [3.05, 3.63) is 365 Å². The Morgan fingerprint density at radius 1 is 0.392 bits per heavy atom. The first-order valence-corrected chi connectivity index (χ1v) is 27.6. The third-order valence-corrected chi connectivity index (χ3v) is 18.1. The molecule has 11 aromatic carbocycles. The molecular formula is C77H56N2. The summed E-state index contributed by atoms with van der Waals surface area (Å²) in [6.07, 6.45) is 6.21. The average molecular weight is 1010 g/mol. The Hall–Kier alpha value is -9.76. The highest BCUT2D eigenvalue weighted by Gasteiger charge is 2.53. The number of benzene rings is 11. The van der Waals surface area contributed by atoms with Gasteiger partial charge in [-0.3, -0.25) is 0 Å². The molecule has 1 aliphatic heterocycles. The largest absolute Gasteiger partial charge is 0.310 e. The maximum absolute atomic E-state index is 4.09. The van der Waals surface area contributed by atoms with E-state index < -0.39 is 16.2 Å². The number of rotatable bonds is 9. The quantitative estimate of drug-likeness (QED) is 0.133. The Kier molecular flexibility index (Phi) is 10.6. The molecule has 1 atom stereocenters. The number of para-hydroxylation sites is 3. The summed E-state index contributed by atoms with van der Waals surface area (Å²) >= 11 is 0. The molecule has 0 saturated carbocycles. The van der Waals surface area contributed by atoms with Gasteiger partial charge in [0, 0.05) is 28.0 Å². The van der Waals surface area contributed by atoms with Gasteiger partial charge in [0.1, 0.15) is 0 Å². The molecule has 0 aromatic heterocycles. The maximum Gasteiger partial charge on any atom is 0.0755 e. The van der Waals surface area contributed by atoms with Crippen LogP contribution in [0.3, 0.4) is 0 Å². The van der Waals surface area contributed by atoms with Gasteiger partial charge in [0.05, 0.1) is 27.9 Å². The molecule has 1 heterocycles. The van der Waals surface area contributed by atoms with Gasteiger partial charge >= 0.3 is 0 Å². The van der Waals surface area contributed by atoms with Crippen LogP contribution in [-0.4, -0.2) is 0 Å². The normalized spacial score (nSPS) is 16.4. The van der Waals surface area contributed by atoms with E-state index in [9.17, 15) is 0 Å². The zero-order chi connectivity index (χ0) is 52.9. The fourth-order valence-electron chi connectivity index (χ4n) is 14.7. The van der Waals surface area contributed by atoms with Gasteiger partial charge in [-0.15, -0.1) is 0 Å². The second-order valence-corrected chi connectivity index (χ2v) is 21.6. The summed E-state index contributed by atoms with van der Waals surface area (Å²) in [5.41, 5.74) is 26.6. The number of nitrogens with zero attached hydrogens (tertiary/aromatic N) is 2. The predicted molar refractivity (Wildman–Crippen MR) is 329 cm³/mol. The first-order valence-electron chi connectivity index (χ1n) is 27.6. The summed E-state index contributed by atoms with van der Waals surface area (Å²) in [6.45, 7) is 8.82. The maximum atomic E-state index is 4.09. The number of hydrogen-bond acceptors (Lipinski definition) is 2. The van der Waals surface area contributed by atoms with Crippen molar-refractivity contribution in [2.45, 2.75) is 30.1 Å². The Balaban J connectivity index is 1.04. The molecule has 11 aromatic rings. The Morgan fingerprint density at radius 3 is 1.47 bits per heavy atom. The summed E-state index contributed by atoms with van der Waals surface area (Å²) < 4.78 is 0. The van der Waals surface area contributed by atoms with Gasteiger partial charge in [-0.05, 0) is 152 Å².